The summed E-state index contributed by atoms with van der Waals surface area (Å²) in [6, 6.07) is 12.2. The molecule has 2 heterocycles. The Morgan fingerprint density at radius 1 is 1.18 bits per heavy atom. The third-order valence-electron chi connectivity index (χ3n) is 5.43. The maximum atomic E-state index is 15.4. The number of fused-ring (bicyclic) bond motifs is 1. The minimum absolute atomic E-state index is 0.137. The molecule has 0 saturated carbocycles. The number of methoxy groups -OCH3 is 1. The summed E-state index contributed by atoms with van der Waals surface area (Å²) in [6.07, 6.45) is 0.299. The number of halogens is 2. The number of carbonyl (C=O) groups is 2. The molecule has 0 saturated heterocycles. The van der Waals surface area contributed by atoms with Crippen LogP contribution in [0.15, 0.2) is 48.7 Å². The Morgan fingerprint density at radius 3 is 2.55 bits per heavy atom. The summed E-state index contributed by atoms with van der Waals surface area (Å²) >= 11 is 6.51. The smallest absolute Gasteiger partial charge is 0.404 e. The second-order valence-corrected chi connectivity index (χ2v) is 7.79. The summed E-state index contributed by atoms with van der Waals surface area (Å²) in [4.78, 5) is 27.3. The van der Waals surface area contributed by atoms with Gasteiger partial charge in [-0.15, -0.1) is 0 Å². The van der Waals surface area contributed by atoms with Gasteiger partial charge in [0, 0.05) is 34.3 Å². The van der Waals surface area contributed by atoms with Gasteiger partial charge in [-0.3, -0.25) is 4.79 Å². The van der Waals surface area contributed by atoms with Crippen molar-refractivity contribution in [2.75, 3.05) is 13.7 Å². The molecule has 0 aliphatic carbocycles. The molecule has 3 aromatic rings. The summed E-state index contributed by atoms with van der Waals surface area (Å²) in [5.74, 6) is -1.74. The van der Waals surface area contributed by atoms with Gasteiger partial charge in [-0.1, -0.05) is 41.9 Å². The number of nitrogens with two attached hydrogens (primary N) is 2. The van der Waals surface area contributed by atoms with Crippen molar-refractivity contribution in [3.8, 4) is 22.8 Å². The van der Waals surface area contributed by atoms with Gasteiger partial charge in [0.05, 0.1) is 12.7 Å². The van der Waals surface area contributed by atoms with Gasteiger partial charge >= 0.3 is 6.09 Å². The highest BCUT2D eigenvalue weighted by Crippen LogP contribution is 2.49. The van der Waals surface area contributed by atoms with Gasteiger partial charge in [0.1, 0.15) is 12.4 Å². The highest BCUT2D eigenvalue weighted by atomic mass is 35.5. The molecule has 1 unspecified atom stereocenters. The fraction of sp³-hybridized carbons (Fsp3) is 0.174. The van der Waals surface area contributed by atoms with Gasteiger partial charge in [0.15, 0.2) is 11.4 Å². The fourth-order valence-corrected chi connectivity index (χ4v) is 4.24. The number of hydrogen-bond donors (Lipinski definition) is 2. The number of primary amides is 2. The van der Waals surface area contributed by atoms with Gasteiger partial charge in [0.25, 0.3) is 11.8 Å². The van der Waals surface area contributed by atoms with Crippen LogP contribution in [0.4, 0.5) is 9.18 Å². The van der Waals surface area contributed by atoms with Gasteiger partial charge < -0.3 is 25.7 Å². The monoisotopic (exact) mass is 471 g/mol. The number of rotatable bonds is 6. The lowest BCUT2D eigenvalue weighted by atomic mass is 9.86. The first-order chi connectivity index (χ1) is 15.8. The van der Waals surface area contributed by atoms with E-state index in [-0.39, 0.29) is 40.6 Å². The minimum atomic E-state index is -1.15. The molecule has 0 bridgehead atoms. The van der Waals surface area contributed by atoms with Crippen LogP contribution in [0.1, 0.15) is 21.5 Å². The summed E-state index contributed by atoms with van der Waals surface area (Å²) in [6.45, 7) is -0.205. The molecule has 33 heavy (non-hydrogen) atoms. The number of nitrogens with zero attached hydrogens (tertiary/aromatic N) is 1. The van der Waals surface area contributed by atoms with E-state index < -0.39 is 23.4 Å². The summed E-state index contributed by atoms with van der Waals surface area (Å²) < 4.78 is 31.8. The van der Waals surface area contributed by atoms with E-state index >= 15 is 4.39 Å². The quantitative estimate of drug-likeness (QED) is 0.565. The predicted octanol–water partition coefficient (Wildman–Crippen LogP) is 3.57. The second-order valence-electron chi connectivity index (χ2n) is 7.38. The number of carbonyl (C=O) groups excluding carboxylic acids is 2. The first-order valence-electron chi connectivity index (χ1n) is 9.78. The lowest BCUT2D eigenvalue weighted by Gasteiger charge is -2.28. The second kappa shape index (κ2) is 8.59. The molecule has 1 atom stereocenters. The van der Waals surface area contributed by atoms with Crippen LogP contribution in [0.2, 0.25) is 5.02 Å². The molecule has 0 spiro atoms. The average Bonchev–Trinajstić information content (AvgIpc) is 3.18. The highest BCUT2D eigenvalue weighted by molar-refractivity contribution is 6.34. The van der Waals surface area contributed by atoms with Crippen LogP contribution >= 0.6 is 11.6 Å². The van der Waals surface area contributed by atoms with E-state index in [1.165, 1.54) is 13.2 Å². The average molecular weight is 472 g/mol. The molecule has 4 rings (SSSR count). The molecule has 2 amide bonds. The van der Waals surface area contributed by atoms with Crippen molar-refractivity contribution < 1.29 is 28.2 Å². The molecular formula is C23H19ClFN3O5. The van der Waals surface area contributed by atoms with Gasteiger partial charge in [-0.2, -0.15) is 0 Å². The van der Waals surface area contributed by atoms with Crippen molar-refractivity contribution in [3.05, 3.63) is 76.2 Å². The Hall–Kier alpha value is -3.85. The van der Waals surface area contributed by atoms with Gasteiger partial charge in [0.2, 0.25) is 0 Å². The lowest BCUT2D eigenvalue weighted by Crippen LogP contribution is -2.38. The molecule has 10 heteroatoms. The van der Waals surface area contributed by atoms with E-state index in [9.17, 15) is 9.59 Å². The van der Waals surface area contributed by atoms with Crippen molar-refractivity contribution >= 4 is 23.6 Å². The van der Waals surface area contributed by atoms with Crippen molar-refractivity contribution in [3.63, 3.8) is 0 Å². The normalized spacial score (nSPS) is 16.6. The molecule has 2 aromatic carbocycles. The Morgan fingerprint density at radius 2 is 1.91 bits per heavy atom. The van der Waals surface area contributed by atoms with Gasteiger partial charge in [-0.25, -0.2) is 14.2 Å². The van der Waals surface area contributed by atoms with Crippen molar-refractivity contribution in [2.24, 2.45) is 11.5 Å². The summed E-state index contributed by atoms with van der Waals surface area (Å²) in [5, 5.41) is 0.159. The summed E-state index contributed by atoms with van der Waals surface area (Å²) in [5.41, 5.74) is 10.6. The largest absolute Gasteiger partial charge is 0.479 e. The first kappa shape index (κ1) is 22.3. The number of amides is 2. The topological polar surface area (TPSA) is 127 Å². The Kier molecular flexibility index (Phi) is 5.82. The molecule has 0 radical (unpaired) electrons. The number of benzene rings is 2. The van der Waals surface area contributed by atoms with Crippen molar-refractivity contribution in [1.29, 1.82) is 0 Å². The van der Waals surface area contributed by atoms with E-state index in [2.05, 4.69) is 4.98 Å². The van der Waals surface area contributed by atoms with E-state index in [1.54, 1.807) is 18.2 Å². The summed E-state index contributed by atoms with van der Waals surface area (Å²) in [7, 11) is 1.25. The first-order valence-corrected chi connectivity index (χ1v) is 10.2. The minimum Gasteiger partial charge on any atom is -0.479 e. The van der Waals surface area contributed by atoms with Crippen LogP contribution in [0, 0.1) is 5.82 Å². The number of pyridine rings is 1. The zero-order valence-electron chi connectivity index (χ0n) is 17.4. The zero-order valence-corrected chi connectivity index (χ0v) is 18.2. The maximum absolute atomic E-state index is 15.4. The standard InChI is InChI=1S/C23H19ClFN3O5/c1-31-21-19(25)18(14(10-28-21)20(26)29)17-13-9-23(11-32-22(27)30,12-5-3-2-4-6-12)33-16(13)8-7-15(17)24/h2-8,10H,9,11H2,1H3,(H2,26,29)(H2,27,30). The van der Waals surface area contributed by atoms with Crippen LogP contribution in [-0.4, -0.2) is 30.7 Å². The van der Waals surface area contributed by atoms with Crippen LogP contribution in [0.5, 0.6) is 11.6 Å². The van der Waals surface area contributed by atoms with Crippen molar-refractivity contribution in [2.45, 2.75) is 12.0 Å². The number of ether oxygens (including phenoxy) is 3. The SMILES string of the molecule is COc1ncc(C(N)=O)c(-c2c(Cl)ccc3c2CC(COC(N)=O)(c2ccccc2)O3)c1F. The number of aromatic nitrogens is 1. The van der Waals surface area contributed by atoms with Crippen LogP contribution < -0.4 is 20.9 Å². The number of hydrogen-bond acceptors (Lipinski definition) is 6. The molecule has 170 valence electrons. The van der Waals surface area contributed by atoms with Gasteiger partial charge in [-0.05, 0) is 17.7 Å². The van der Waals surface area contributed by atoms with E-state index in [0.717, 1.165) is 6.20 Å². The molecule has 4 N–H and O–H groups in total. The van der Waals surface area contributed by atoms with E-state index in [1.807, 2.05) is 18.2 Å². The Balaban J connectivity index is 1.94. The molecule has 1 aromatic heterocycles. The molecule has 1 aliphatic heterocycles. The Bertz CT molecular complexity index is 1250. The van der Waals surface area contributed by atoms with Crippen LogP contribution in [-0.2, 0) is 16.8 Å². The zero-order chi connectivity index (χ0) is 23.8. The molecule has 0 fully saturated rings. The van der Waals surface area contributed by atoms with E-state index in [0.29, 0.717) is 16.9 Å². The van der Waals surface area contributed by atoms with Crippen LogP contribution in [0.25, 0.3) is 11.1 Å². The van der Waals surface area contributed by atoms with Crippen molar-refractivity contribution in [1.82, 2.24) is 4.98 Å². The lowest BCUT2D eigenvalue weighted by molar-refractivity contribution is 0.0148. The third-order valence-corrected chi connectivity index (χ3v) is 5.75. The Labute approximate surface area is 193 Å². The molecule has 8 nitrogen and oxygen atoms in total. The molecule has 1 aliphatic rings. The highest BCUT2D eigenvalue weighted by Gasteiger charge is 2.44. The van der Waals surface area contributed by atoms with Crippen LogP contribution in [0.3, 0.4) is 0 Å². The molecular weight excluding hydrogens is 453 g/mol. The predicted molar refractivity (Wildman–Crippen MR) is 118 cm³/mol. The fourth-order valence-electron chi connectivity index (χ4n) is 3.97. The maximum Gasteiger partial charge on any atom is 0.404 e. The van der Waals surface area contributed by atoms with E-state index in [4.69, 9.17) is 37.3 Å². The third kappa shape index (κ3) is 3.91.